The van der Waals surface area contributed by atoms with E-state index in [0.29, 0.717) is 18.9 Å². The number of hydrogen-bond donors (Lipinski definition) is 1. The summed E-state index contributed by atoms with van der Waals surface area (Å²) in [4.78, 5) is 11.1. The van der Waals surface area contributed by atoms with Gasteiger partial charge < -0.3 is 10.5 Å². The van der Waals surface area contributed by atoms with Crippen LogP contribution < -0.4 is 5.73 Å². The predicted molar refractivity (Wildman–Crippen MR) is 46.4 cm³/mol. The molecular weight excluding hydrogens is 168 g/mol. The van der Waals surface area contributed by atoms with E-state index in [1.165, 1.54) is 0 Å². The van der Waals surface area contributed by atoms with Crippen molar-refractivity contribution < 1.29 is 9.53 Å². The van der Waals surface area contributed by atoms with E-state index in [1.807, 2.05) is 0 Å². The molecule has 1 aliphatic carbocycles. The van der Waals surface area contributed by atoms with E-state index in [4.69, 9.17) is 15.7 Å². The van der Waals surface area contributed by atoms with E-state index in [1.54, 1.807) is 6.92 Å². The fraction of sp³-hybridized carbons (Fsp3) is 0.778. The average molecular weight is 182 g/mol. The molecule has 3 unspecified atom stereocenters. The third kappa shape index (κ3) is 2.71. The van der Waals surface area contributed by atoms with Crippen LogP contribution in [0.5, 0.6) is 0 Å². The van der Waals surface area contributed by atoms with Gasteiger partial charge in [-0.15, -0.1) is 0 Å². The third-order valence-corrected chi connectivity index (χ3v) is 2.23. The number of carbonyl (C=O) groups excluding carboxylic acids is 1. The molecule has 1 aliphatic rings. The summed E-state index contributed by atoms with van der Waals surface area (Å²) in [6, 6.07) is 1.61. The lowest BCUT2D eigenvalue weighted by Crippen LogP contribution is -2.32. The normalized spacial score (nSPS) is 27.5. The van der Waals surface area contributed by atoms with Crippen molar-refractivity contribution in [3.05, 3.63) is 0 Å². The van der Waals surface area contributed by atoms with E-state index < -0.39 is 6.04 Å². The van der Waals surface area contributed by atoms with Gasteiger partial charge in [-0.25, -0.2) is 0 Å². The predicted octanol–water partition coefficient (Wildman–Crippen LogP) is 0.427. The lowest BCUT2D eigenvalue weighted by Gasteiger charge is -2.08. The molecule has 13 heavy (non-hydrogen) atoms. The van der Waals surface area contributed by atoms with Crippen LogP contribution in [0.4, 0.5) is 0 Å². The topological polar surface area (TPSA) is 76.1 Å². The maximum Gasteiger partial charge on any atom is 0.322 e. The lowest BCUT2D eigenvalue weighted by molar-refractivity contribution is -0.144. The Morgan fingerprint density at radius 1 is 1.85 bits per heavy atom. The van der Waals surface area contributed by atoms with E-state index in [9.17, 15) is 4.79 Å². The Kier molecular flexibility index (Phi) is 3.26. The zero-order chi connectivity index (χ0) is 9.84. The Hall–Kier alpha value is -1.08. The number of rotatable bonds is 4. The number of nitriles is 1. The Bertz CT molecular complexity index is 234. The molecule has 0 aromatic heterocycles. The zero-order valence-electron chi connectivity index (χ0n) is 7.69. The molecule has 3 atom stereocenters. The molecule has 72 valence electrons. The number of esters is 1. The summed E-state index contributed by atoms with van der Waals surface area (Å²) >= 11 is 0. The van der Waals surface area contributed by atoms with Crippen LogP contribution >= 0.6 is 0 Å². The van der Waals surface area contributed by atoms with Gasteiger partial charge in [0.25, 0.3) is 0 Å². The largest absolute Gasteiger partial charge is 0.465 e. The minimum Gasteiger partial charge on any atom is -0.465 e. The monoisotopic (exact) mass is 182 g/mol. The molecule has 0 amide bonds. The van der Waals surface area contributed by atoms with Crippen molar-refractivity contribution in [1.29, 1.82) is 5.26 Å². The van der Waals surface area contributed by atoms with Crippen molar-refractivity contribution in [2.24, 2.45) is 17.6 Å². The lowest BCUT2D eigenvalue weighted by atomic mass is 10.1. The van der Waals surface area contributed by atoms with Crippen LogP contribution in [0.15, 0.2) is 0 Å². The average Bonchev–Trinajstić information content (AvgIpc) is 2.83. The molecule has 4 nitrogen and oxygen atoms in total. The summed E-state index contributed by atoms with van der Waals surface area (Å²) in [5, 5.41) is 8.52. The van der Waals surface area contributed by atoms with Crippen molar-refractivity contribution >= 4 is 5.97 Å². The molecule has 1 saturated carbocycles. The molecule has 0 radical (unpaired) electrons. The summed E-state index contributed by atoms with van der Waals surface area (Å²) < 4.78 is 4.75. The highest BCUT2D eigenvalue weighted by Gasteiger charge is 2.39. The molecular formula is C9H14N2O2. The Morgan fingerprint density at radius 3 is 3.00 bits per heavy atom. The summed E-state index contributed by atoms with van der Waals surface area (Å²) in [6.07, 6.45) is 1.46. The van der Waals surface area contributed by atoms with Crippen LogP contribution in [-0.2, 0) is 9.53 Å². The number of ether oxygens (including phenoxy) is 1. The minimum atomic E-state index is -0.553. The minimum absolute atomic E-state index is 0.112. The second-order valence-corrected chi connectivity index (χ2v) is 3.33. The Balaban J connectivity index is 2.22. The van der Waals surface area contributed by atoms with Gasteiger partial charge in [-0.3, -0.25) is 4.79 Å². The Morgan fingerprint density at radius 2 is 2.54 bits per heavy atom. The Labute approximate surface area is 77.7 Å². The SMILES string of the molecule is CCOC(=O)C(N)CC1CC1C#N. The van der Waals surface area contributed by atoms with Crippen molar-refractivity contribution in [2.75, 3.05) is 6.61 Å². The van der Waals surface area contributed by atoms with Gasteiger partial charge in [-0.1, -0.05) is 0 Å². The first-order chi connectivity index (χ1) is 6.19. The molecule has 0 aliphatic heterocycles. The molecule has 0 aromatic rings. The highest BCUT2D eigenvalue weighted by Crippen LogP contribution is 2.41. The molecule has 0 bridgehead atoms. The summed E-state index contributed by atoms with van der Waals surface area (Å²) in [5.74, 6) is 0.0657. The fourth-order valence-corrected chi connectivity index (χ4v) is 1.34. The smallest absolute Gasteiger partial charge is 0.322 e. The second-order valence-electron chi connectivity index (χ2n) is 3.33. The maximum absolute atomic E-state index is 11.1. The van der Waals surface area contributed by atoms with Crippen molar-refractivity contribution in [3.8, 4) is 6.07 Å². The first-order valence-corrected chi connectivity index (χ1v) is 4.50. The van der Waals surface area contributed by atoms with E-state index >= 15 is 0 Å². The van der Waals surface area contributed by atoms with Gasteiger partial charge in [-0.2, -0.15) is 5.26 Å². The molecule has 1 fully saturated rings. The van der Waals surface area contributed by atoms with Crippen LogP contribution in [0.3, 0.4) is 0 Å². The highest BCUT2D eigenvalue weighted by atomic mass is 16.5. The number of hydrogen-bond acceptors (Lipinski definition) is 4. The van der Waals surface area contributed by atoms with E-state index in [0.717, 1.165) is 6.42 Å². The van der Waals surface area contributed by atoms with Crippen LogP contribution in [0.1, 0.15) is 19.8 Å². The molecule has 2 N–H and O–H groups in total. The molecule has 0 spiro atoms. The highest BCUT2D eigenvalue weighted by molar-refractivity contribution is 5.75. The van der Waals surface area contributed by atoms with Crippen LogP contribution in [0, 0.1) is 23.2 Å². The zero-order valence-corrected chi connectivity index (χ0v) is 7.69. The number of carbonyl (C=O) groups is 1. The maximum atomic E-state index is 11.1. The summed E-state index contributed by atoms with van der Waals surface area (Å²) in [6.45, 7) is 2.11. The van der Waals surface area contributed by atoms with Crippen LogP contribution in [-0.4, -0.2) is 18.6 Å². The first kappa shape index (κ1) is 10.0. The van der Waals surface area contributed by atoms with Crippen molar-refractivity contribution in [2.45, 2.75) is 25.8 Å². The van der Waals surface area contributed by atoms with Gasteiger partial charge >= 0.3 is 5.97 Å². The van der Waals surface area contributed by atoms with Gasteiger partial charge in [-0.05, 0) is 25.7 Å². The molecule has 1 rings (SSSR count). The first-order valence-electron chi connectivity index (χ1n) is 4.50. The van der Waals surface area contributed by atoms with Gasteiger partial charge in [0, 0.05) is 5.92 Å². The molecule has 0 saturated heterocycles. The fourth-order valence-electron chi connectivity index (χ4n) is 1.34. The molecule has 0 aromatic carbocycles. The van der Waals surface area contributed by atoms with Gasteiger partial charge in [0.1, 0.15) is 6.04 Å². The number of nitrogens with two attached hydrogens (primary N) is 1. The summed E-state index contributed by atoms with van der Waals surface area (Å²) in [7, 11) is 0. The van der Waals surface area contributed by atoms with Gasteiger partial charge in [0.15, 0.2) is 0 Å². The van der Waals surface area contributed by atoms with Crippen LogP contribution in [0.2, 0.25) is 0 Å². The quantitative estimate of drug-likeness (QED) is 0.639. The third-order valence-electron chi connectivity index (χ3n) is 2.23. The van der Waals surface area contributed by atoms with Crippen molar-refractivity contribution in [1.82, 2.24) is 0 Å². The number of nitrogens with zero attached hydrogens (tertiary/aromatic N) is 1. The van der Waals surface area contributed by atoms with Gasteiger partial charge in [0.05, 0.1) is 12.7 Å². The standard InChI is InChI=1S/C9H14N2O2/c1-2-13-9(12)8(11)4-6-3-7(6)5-10/h6-8H,2-4,11H2,1H3. The second kappa shape index (κ2) is 4.24. The van der Waals surface area contributed by atoms with E-state index in [-0.39, 0.29) is 11.9 Å². The molecule has 0 heterocycles. The summed E-state index contributed by atoms with van der Waals surface area (Å²) in [5.41, 5.74) is 5.58. The van der Waals surface area contributed by atoms with Crippen LogP contribution in [0.25, 0.3) is 0 Å². The van der Waals surface area contributed by atoms with Crippen molar-refractivity contribution in [3.63, 3.8) is 0 Å². The van der Waals surface area contributed by atoms with E-state index in [2.05, 4.69) is 6.07 Å². The molecule has 4 heteroatoms. The van der Waals surface area contributed by atoms with Gasteiger partial charge in [0.2, 0.25) is 0 Å².